The molecule has 1 heterocycles. The van der Waals surface area contributed by atoms with Crippen LogP contribution in [0.3, 0.4) is 0 Å². The number of hydrogen-bond acceptors (Lipinski definition) is 3. The Bertz CT molecular complexity index is 2790. The number of fused-ring (bicyclic) bond motifs is 4. The molecule has 0 N–H and O–H groups in total. The zero-order valence-electron chi connectivity index (χ0n) is 30.7. The van der Waals surface area contributed by atoms with E-state index in [4.69, 9.17) is 15.0 Å². The summed E-state index contributed by atoms with van der Waals surface area (Å²) in [5.74, 6) is 1.91. The van der Waals surface area contributed by atoms with Gasteiger partial charge in [0.05, 0.1) is 0 Å². The van der Waals surface area contributed by atoms with Gasteiger partial charge >= 0.3 is 0 Å². The topological polar surface area (TPSA) is 38.7 Å². The molecule has 9 aromatic rings. The Labute approximate surface area is 321 Å². The highest BCUT2D eigenvalue weighted by Gasteiger charge is 2.36. The van der Waals surface area contributed by atoms with Gasteiger partial charge in [-0.25, -0.2) is 15.0 Å². The highest BCUT2D eigenvalue weighted by molar-refractivity contribution is 6.07. The summed E-state index contributed by atoms with van der Waals surface area (Å²) in [7, 11) is 0. The summed E-state index contributed by atoms with van der Waals surface area (Å²) in [5, 5.41) is 2.26. The van der Waals surface area contributed by atoms with Crippen molar-refractivity contribution in [2.24, 2.45) is 0 Å². The third-order valence-electron chi connectivity index (χ3n) is 11.2. The molecule has 3 heteroatoms. The molecule has 1 aliphatic rings. The molecule has 0 bridgehead atoms. The molecule has 0 saturated heterocycles. The third-order valence-corrected chi connectivity index (χ3v) is 11.2. The molecule has 260 valence electrons. The molecule has 8 aromatic carbocycles. The summed E-state index contributed by atoms with van der Waals surface area (Å²) in [6, 6.07) is 66.5. The Kier molecular flexibility index (Phi) is 7.81. The Balaban J connectivity index is 1.21. The SMILES string of the molecule is CC1(C)c2ccccc2-c2c(-c3cccc4c(-c5nc(-c6ccccc6-c6ccccc6)nc(-c6ccccc6-c6ccccc6)n5)cccc34)cccc21. The van der Waals surface area contributed by atoms with Crippen LogP contribution in [0.5, 0.6) is 0 Å². The van der Waals surface area contributed by atoms with Gasteiger partial charge in [-0.2, -0.15) is 0 Å². The lowest BCUT2D eigenvalue weighted by atomic mass is 9.82. The van der Waals surface area contributed by atoms with Crippen LogP contribution in [0.4, 0.5) is 0 Å². The summed E-state index contributed by atoms with van der Waals surface area (Å²) in [5.41, 5.74) is 15.0. The second-order valence-electron chi connectivity index (χ2n) is 14.7. The number of benzene rings is 8. The van der Waals surface area contributed by atoms with E-state index >= 15 is 0 Å². The van der Waals surface area contributed by atoms with E-state index < -0.39 is 0 Å². The van der Waals surface area contributed by atoms with Gasteiger partial charge in [-0.3, -0.25) is 0 Å². The summed E-state index contributed by atoms with van der Waals surface area (Å²) in [4.78, 5) is 15.9. The second kappa shape index (κ2) is 13.2. The lowest BCUT2D eigenvalue weighted by Gasteiger charge is -2.21. The molecule has 0 spiro atoms. The quantitative estimate of drug-likeness (QED) is 0.173. The van der Waals surface area contributed by atoms with Crippen LogP contribution in [0.1, 0.15) is 25.0 Å². The minimum absolute atomic E-state index is 0.0819. The smallest absolute Gasteiger partial charge is 0.164 e. The fourth-order valence-electron chi connectivity index (χ4n) is 8.55. The molecule has 55 heavy (non-hydrogen) atoms. The van der Waals surface area contributed by atoms with Crippen molar-refractivity contribution in [2.45, 2.75) is 19.3 Å². The molecule has 1 aromatic heterocycles. The van der Waals surface area contributed by atoms with Gasteiger partial charge < -0.3 is 0 Å². The maximum Gasteiger partial charge on any atom is 0.164 e. The monoisotopic (exact) mass is 703 g/mol. The minimum Gasteiger partial charge on any atom is -0.208 e. The van der Waals surface area contributed by atoms with Gasteiger partial charge in [-0.15, -0.1) is 0 Å². The molecule has 0 fully saturated rings. The van der Waals surface area contributed by atoms with Gasteiger partial charge in [0.1, 0.15) is 0 Å². The standard InChI is InChI=1S/C52H37N3/c1-52(2)46-32-14-13-26-45(46)48-41(30-17-33-47(48)52)39-28-15-29-40-38(39)27-16-31-44(40)51-54-49(42-24-11-9-22-36(42)34-18-5-3-6-19-34)53-50(55-51)43-25-12-10-23-37(43)35-20-7-4-8-21-35/h3-33H,1-2H3. The molecule has 3 nitrogen and oxygen atoms in total. The van der Waals surface area contributed by atoms with Crippen molar-refractivity contribution in [1.82, 2.24) is 15.0 Å². The van der Waals surface area contributed by atoms with Crippen LogP contribution in [-0.4, -0.2) is 15.0 Å². The molecule has 0 unspecified atom stereocenters. The third kappa shape index (κ3) is 5.47. The normalized spacial score (nSPS) is 12.7. The number of hydrogen-bond donors (Lipinski definition) is 0. The van der Waals surface area contributed by atoms with Crippen LogP contribution in [0.25, 0.3) is 89.4 Å². The van der Waals surface area contributed by atoms with Crippen LogP contribution in [0, 0.1) is 0 Å². The van der Waals surface area contributed by atoms with Crippen molar-refractivity contribution in [3.8, 4) is 78.7 Å². The van der Waals surface area contributed by atoms with Crippen molar-refractivity contribution in [2.75, 3.05) is 0 Å². The van der Waals surface area contributed by atoms with Crippen molar-refractivity contribution in [3.63, 3.8) is 0 Å². The number of rotatable bonds is 6. The van der Waals surface area contributed by atoms with Crippen LogP contribution in [0.15, 0.2) is 188 Å². The van der Waals surface area contributed by atoms with Crippen molar-refractivity contribution >= 4 is 10.8 Å². The minimum atomic E-state index is -0.0819. The second-order valence-corrected chi connectivity index (χ2v) is 14.7. The summed E-state index contributed by atoms with van der Waals surface area (Å²) >= 11 is 0. The molecular formula is C52H37N3. The van der Waals surface area contributed by atoms with Gasteiger partial charge in [-0.1, -0.05) is 202 Å². The molecule has 0 aliphatic heterocycles. The maximum absolute atomic E-state index is 5.32. The van der Waals surface area contributed by atoms with Crippen molar-refractivity contribution in [1.29, 1.82) is 0 Å². The van der Waals surface area contributed by atoms with E-state index in [9.17, 15) is 0 Å². The zero-order chi connectivity index (χ0) is 36.9. The van der Waals surface area contributed by atoms with Gasteiger partial charge in [0.25, 0.3) is 0 Å². The highest BCUT2D eigenvalue weighted by Crippen LogP contribution is 2.52. The van der Waals surface area contributed by atoms with Crippen molar-refractivity contribution < 1.29 is 0 Å². The van der Waals surface area contributed by atoms with E-state index in [0.29, 0.717) is 17.5 Å². The Morgan fingerprint density at radius 2 is 0.673 bits per heavy atom. The van der Waals surface area contributed by atoms with E-state index in [1.807, 2.05) is 12.1 Å². The van der Waals surface area contributed by atoms with E-state index in [2.05, 4.69) is 190 Å². The molecule has 0 amide bonds. The van der Waals surface area contributed by atoms with E-state index in [0.717, 1.165) is 49.7 Å². The van der Waals surface area contributed by atoms with Gasteiger partial charge in [0.15, 0.2) is 17.5 Å². The predicted octanol–water partition coefficient (Wildman–Crippen LogP) is 13.3. The van der Waals surface area contributed by atoms with Gasteiger partial charge in [0, 0.05) is 22.1 Å². The maximum atomic E-state index is 5.32. The zero-order valence-corrected chi connectivity index (χ0v) is 30.7. The van der Waals surface area contributed by atoms with Crippen LogP contribution < -0.4 is 0 Å². The Morgan fingerprint density at radius 3 is 1.25 bits per heavy atom. The van der Waals surface area contributed by atoms with Crippen LogP contribution in [-0.2, 0) is 5.41 Å². The van der Waals surface area contributed by atoms with Crippen LogP contribution >= 0.6 is 0 Å². The van der Waals surface area contributed by atoms with Crippen molar-refractivity contribution in [3.05, 3.63) is 199 Å². The molecule has 0 atom stereocenters. The summed E-state index contributed by atoms with van der Waals surface area (Å²) in [6.07, 6.45) is 0. The lowest BCUT2D eigenvalue weighted by Crippen LogP contribution is -2.14. The van der Waals surface area contributed by atoms with E-state index in [-0.39, 0.29) is 5.41 Å². The average molecular weight is 704 g/mol. The van der Waals surface area contributed by atoms with E-state index in [1.165, 1.54) is 33.4 Å². The molecule has 0 saturated carbocycles. The summed E-state index contributed by atoms with van der Waals surface area (Å²) in [6.45, 7) is 4.68. The first-order valence-corrected chi connectivity index (χ1v) is 18.9. The first-order valence-electron chi connectivity index (χ1n) is 18.9. The number of aromatic nitrogens is 3. The molecule has 0 radical (unpaired) electrons. The molecule has 1 aliphatic carbocycles. The lowest BCUT2D eigenvalue weighted by molar-refractivity contribution is 0.660. The highest BCUT2D eigenvalue weighted by atomic mass is 15.0. The predicted molar refractivity (Wildman–Crippen MR) is 228 cm³/mol. The van der Waals surface area contributed by atoms with Gasteiger partial charge in [-0.05, 0) is 66.4 Å². The number of nitrogens with zero attached hydrogens (tertiary/aromatic N) is 3. The Morgan fingerprint density at radius 1 is 0.291 bits per heavy atom. The largest absolute Gasteiger partial charge is 0.208 e. The fourth-order valence-corrected chi connectivity index (χ4v) is 8.55. The molecular weight excluding hydrogens is 667 g/mol. The fraction of sp³-hybridized carbons (Fsp3) is 0.0577. The first-order chi connectivity index (χ1) is 27.1. The van der Waals surface area contributed by atoms with E-state index in [1.54, 1.807) is 0 Å². The summed E-state index contributed by atoms with van der Waals surface area (Å²) < 4.78 is 0. The van der Waals surface area contributed by atoms with Gasteiger partial charge in [0.2, 0.25) is 0 Å². The Hall–Kier alpha value is -6.97. The molecule has 10 rings (SSSR count). The average Bonchev–Trinajstić information content (AvgIpc) is 3.49. The first kappa shape index (κ1) is 32.7. The van der Waals surface area contributed by atoms with Crippen LogP contribution in [0.2, 0.25) is 0 Å².